The zero-order valence-corrected chi connectivity index (χ0v) is 66.0. The number of ketones is 1. The Morgan fingerprint density at radius 1 is 0.435 bits per heavy atom. The van der Waals surface area contributed by atoms with E-state index in [2.05, 4.69) is 64.5 Å². The molecule has 10 aromatic heterocycles. The van der Waals surface area contributed by atoms with Crippen LogP contribution in [0.25, 0.3) is 45.1 Å². The Hall–Kier alpha value is -12.2. The molecule has 0 aliphatic rings. The summed E-state index contributed by atoms with van der Waals surface area (Å²) in [5, 5.41) is 30.1. The smallest absolute Gasteiger partial charge is 0.453 e. The number of amidine groups is 1. The number of nitrogens with zero attached hydrogens (tertiary/aromatic N) is 13. The summed E-state index contributed by atoms with van der Waals surface area (Å²) in [6, 6.07) is 9.04. The molecule has 0 aliphatic heterocycles. The van der Waals surface area contributed by atoms with E-state index in [-0.39, 0.29) is 109 Å². The Bertz CT molecular complexity index is 5700. The molecule has 0 radical (unpaired) electrons. The predicted molar refractivity (Wildman–Crippen MR) is 383 cm³/mol. The number of alkyl halides is 20. The van der Waals surface area contributed by atoms with Gasteiger partial charge in [0.2, 0.25) is 5.82 Å². The molecule has 0 unspecified atom stereocenters. The highest BCUT2D eigenvalue weighted by atomic mass is 35.5. The SMILES string of the molecule is COC(=O)C(=O)C(C)(C)C(=O)OC.COC(=O)C(C)(C)c1nnc(-c2nc(CCC(F)(F)C(F)(F)F)n3cc(F)ccc23)[nH]c1=O.COC(=O)C(C)(C)c1nnc(-c2nc(CCC(F)(F)C(F)(F)F)n3cc(F)ccc23)nc1Cl.N=C(CN)c1nc(CCC(F)(F)C(F)(F)F)n2cc(F)ccc12.N=C(N)c1nc(CCC(F)(F)C(F)(F)F)n2cc(F)ccc12. The fraction of sp³-hybridized carbons (Fsp3) is 0.423. The van der Waals surface area contributed by atoms with Crippen molar-refractivity contribution in [3.63, 3.8) is 0 Å². The fourth-order valence-electron chi connectivity index (χ4n) is 10.7. The van der Waals surface area contributed by atoms with Crippen molar-refractivity contribution in [3.05, 3.63) is 158 Å². The fourth-order valence-corrected chi connectivity index (χ4v) is 11.1. The van der Waals surface area contributed by atoms with Gasteiger partial charge in [0.1, 0.15) is 103 Å². The first-order chi connectivity index (χ1) is 56.8. The standard InChI is InChI=1S/C19H16ClF6N5O2.C19H17F6N5O3.C13H12F6N4.C12H10F6N4.C8H12O5/c1-17(2,16(32)33-3)13-14(20)28-15(30-29-13)12-10-5-4-9(21)8-31(10)11(27-12)6-7-18(22,23)19(24,25)26;1-17(2,16(32)33-3)13-15(31)27-14(29-28-13)12-10-5-4-9(20)8-30(10)11(26-12)6-7-18(21,22)19(23,24)25;14-7-1-2-9-11(8(21)5-20)22-10(23(9)6-7)3-4-12(15,16)13(17,18)19;13-6-1-2-7-9(10(19)20)21-8(22(7)5-6)3-4-11(14,15)12(16,17)18;1-8(2,7(11)13-4)5(9)6(10)12-3/h4-5,8H,6-7H2,1-3H3;4-5,8H,6-7H2,1-3H3,(H,27,29,31);1-2,6,21H,3-5,20H2;1-2,5H,3-4H2,(H3,19,20);1-4H3. The number of rotatable bonds is 24. The number of nitrogens with one attached hydrogen (secondary N) is 3. The topological polar surface area (TPSA) is 389 Å². The quantitative estimate of drug-likeness (QED) is 0.00713. The van der Waals surface area contributed by atoms with Gasteiger partial charge in [-0.05, 0) is 90.1 Å². The molecule has 10 heterocycles. The van der Waals surface area contributed by atoms with E-state index < -0.39 is 180 Å². The van der Waals surface area contributed by atoms with Crippen LogP contribution in [0.15, 0.2) is 78.1 Å². The third-order valence-corrected chi connectivity index (χ3v) is 18.0. The lowest BCUT2D eigenvalue weighted by atomic mass is 9.88. The van der Waals surface area contributed by atoms with Crippen molar-refractivity contribution in [1.29, 1.82) is 10.8 Å². The molecule has 0 amide bonds. The predicted octanol–water partition coefficient (Wildman–Crippen LogP) is 13.5. The summed E-state index contributed by atoms with van der Waals surface area (Å²) in [5.74, 6) is -28.9. The number of carbonyl (C=O) groups excluding carboxylic acids is 5. The number of nitrogens with two attached hydrogens (primary N) is 2. The van der Waals surface area contributed by atoms with Gasteiger partial charge in [-0.3, -0.25) is 29.4 Å². The number of nitrogen functional groups attached to an aromatic ring is 1. The molecule has 7 N–H and O–H groups in total. The first-order valence-corrected chi connectivity index (χ1v) is 35.1. The second-order valence-electron chi connectivity index (χ2n) is 27.6. The Morgan fingerprint density at radius 2 is 0.758 bits per heavy atom. The van der Waals surface area contributed by atoms with E-state index in [0.29, 0.717) is 0 Å². The molecule has 10 rings (SSSR count). The molecule has 124 heavy (non-hydrogen) atoms. The molecule has 0 atom stereocenters. The van der Waals surface area contributed by atoms with Crippen molar-refractivity contribution in [2.45, 2.75) is 152 Å². The van der Waals surface area contributed by atoms with Gasteiger partial charge in [-0.1, -0.05) is 11.6 Å². The van der Waals surface area contributed by atoms with Crippen molar-refractivity contribution >= 4 is 74.9 Å². The van der Waals surface area contributed by atoms with Crippen LogP contribution in [-0.2, 0) is 79.4 Å². The Labute approximate surface area is 685 Å². The molecule has 53 heteroatoms. The van der Waals surface area contributed by atoms with Crippen LogP contribution in [0.3, 0.4) is 0 Å². The highest BCUT2D eigenvalue weighted by molar-refractivity contribution is 6.39. The molecule has 28 nitrogen and oxygen atoms in total. The molecule has 0 aromatic carbocycles. The average Bonchev–Trinajstić information content (AvgIpc) is 1.61. The van der Waals surface area contributed by atoms with E-state index in [1.54, 1.807) is 0 Å². The number of halogens is 25. The minimum atomic E-state index is -5.76. The summed E-state index contributed by atoms with van der Waals surface area (Å²) in [7, 11) is 4.52. The van der Waals surface area contributed by atoms with Crippen molar-refractivity contribution < 1.29 is 148 Å². The molecule has 0 aliphatic carbocycles. The zero-order chi connectivity index (χ0) is 94.3. The van der Waals surface area contributed by atoms with Crippen LogP contribution in [0.5, 0.6) is 0 Å². The van der Waals surface area contributed by atoms with Crippen LogP contribution < -0.4 is 17.0 Å². The second kappa shape index (κ2) is 37.9. The first kappa shape index (κ1) is 101. The highest BCUT2D eigenvalue weighted by Crippen LogP contribution is 2.43. The summed E-state index contributed by atoms with van der Waals surface area (Å²) in [6.07, 6.45) is -28.8. The number of fused-ring (bicyclic) bond motifs is 4. The van der Waals surface area contributed by atoms with Gasteiger partial charge in [0.15, 0.2) is 11.0 Å². The number of Topliss-reactive ketones (excluding diaryl/α,β-unsaturated/α-hetero) is 1. The number of aromatic nitrogens is 14. The Morgan fingerprint density at radius 3 is 1.10 bits per heavy atom. The number of pyridine rings is 4. The van der Waals surface area contributed by atoms with Gasteiger partial charge in [0.25, 0.3) is 11.3 Å². The van der Waals surface area contributed by atoms with Crippen LogP contribution >= 0.6 is 11.6 Å². The monoisotopic (exact) mass is 1820 g/mol. The Balaban J connectivity index is 0.000000247. The van der Waals surface area contributed by atoms with Gasteiger partial charge in [-0.25, -0.2) is 47.3 Å². The molecule has 0 bridgehead atoms. The molecule has 676 valence electrons. The van der Waals surface area contributed by atoms with Crippen LogP contribution in [0.4, 0.5) is 105 Å². The number of aryl methyl sites for hydroxylation is 4. The number of imidazole rings is 4. The van der Waals surface area contributed by atoms with Gasteiger partial charge in [0.05, 0.1) is 56.2 Å². The summed E-state index contributed by atoms with van der Waals surface area (Å²) >= 11 is 6.18. The van der Waals surface area contributed by atoms with Crippen LogP contribution in [0.1, 0.15) is 113 Å². The van der Waals surface area contributed by atoms with Gasteiger partial charge >= 0.3 is 72.3 Å². The van der Waals surface area contributed by atoms with Crippen molar-refractivity contribution in [2.24, 2.45) is 16.9 Å². The number of esters is 4. The maximum Gasteiger partial charge on any atom is 0.453 e. The van der Waals surface area contributed by atoms with E-state index in [1.165, 1.54) is 72.9 Å². The third kappa shape index (κ3) is 22.6. The molecule has 0 fully saturated rings. The van der Waals surface area contributed by atoms with E-state index in [9.17, 15) is 134 Å². The number of ether oxygens (including phenoxy) is 4. The van der Waals surface area contributed by atoms with Crippen molar-refractivity contribution in [2.75, 3.05) is 35.0 Å². The molecular formula is C71H67ClF24N18O10. The lowest BCUT2D eigenvalue weighted by Gasteiger charge is -2.20. The lowest BCUT2D eigenvalue weighted by Crippen LogP contribution is -2.39. The largest absolute Gasteiger partial charge is 0.468 e. The first-order valence-electron chi connectivity index (χ1n) is 34.7. The average molecular weight is 1820 g/mol. The van der Waals surface area contributed by atoms with Gasteiger partial charge in [-0.2, -0.15) is 87.8 Å². The molecule has 0 spiro atoms. The number of carbonyl (C=O) groups is 5. The number of aromatic amines is 1. The highest BCUT2D eigenvalue weighted by Gasteiger charge is 2.60. The van der Waals surface area contributed by atoms with Crippen molar-refractivity contribution in [3.8, 4) is 23.0 Å². The minimum Gasteiger partial charge on any atom is -0.468 e. The third-order valence-electron chi connectivity index (χ3n) is 17.7. The van der Waals surface area contributed by atoms with Crippen LogP contribution in [-0.4, -0.2) is 192 Å². The lowest BCUT2D eigenvalue weighted by molar-refractivity contribution is -0.284. The van der Waals surface area contributed by atoms with Crippen LogP contribution in [0, 0.1) is 39.5 Å². The summed E-state index contributed by atoms with van der Waals surface area (Å²) in [4.78, 5) is 91.7. The molecular weight excluding hydrogens is 1760 g/mol. The summed E-state index contributed by atoms with van der Waals surface area (Å²) in [5.41, 5.74) is 5.36. The number of H-pyrrole nitrogens is 1. The van der Waals surface area contributed by atoms with E-state index >= 15 is 0 Å². The van der Waals surface area contributed by atoms with E-state index in [4.69, 9.17) is 38.6 Å². The molecule has 10 aromatic rings. The summed E-state index contributed by atoms with van der Waals surface area (Å²) < 4.78 is 330. The van der Waals surface area contributed by atoms with Crippen LogP contribution in [0.2, 0.25) is 5.15 Å². The normalized spacial score (nSPS) is 12.6. The Kier molecular flexibility index (Phi) is 30.8. The number of methoxy groups -OCH3 is 4. The minimum absolute atomic E-state index is 0.0145. The number of hydrogen-bond acceptors (Lipinski definition) is 22. The van der Waals surface area contributed by atoms with E-state index in [1.807, 2.05) is 0 Å². The second-order valence-corrected chi connectivity index (χ2v) is 28.0. The van der Waals surface area contributed by atoms with Crippen molar-refractivity contribution in [1.82, 2.24) is 67.9 Å². The van der Waals surface area contributed by atoms with Gasteiger partial charge < -0.3 is 58.4 Å². The summed E-state index contributed by atoms with van der Waals surface area (Å²) in [6.45, 7) is 8.11. The molecule has 0 saturated heterocycles. The number of hydrogen-bond donors (Lipinski definition) is 5. The van der Waals surface area contributed by atoms with Gasteiger partial charge in [0, 0.05) is 82.7 Å². The van der Waals surface area contributed by atoms with Gasteiger partial charge in [-0.15, -0.1) is 20.4 Å². The maximum absolute atomic E-state index is 13.8. The molecule has 0 saturated carbocycles. The van der Waals surface area contributed by atoms with E-state index in [0.717, 1.165) is 88.0 Å². The zero-order valence-electron chi connectivity index (χ0n) is 65.3. The maximum atomic E-state index is 13.8.